The van der Waals surface area contributed by atoms with Gasteiger partial charge in [-0.05, 0) is 24.3 Å². The molecule has 1 saturated heterocycles. The highest BCUT2D eigenvalue weighted by Gasteiger charge is 2.56. The minimum absolute atomic E-state index is 0.0384. The first-order chi connectivity index (χ1) is 13.2. The van der Waals surface area contributed by atoms with Crippen LogP contribution in [0.25, 0.3) is 0 Å². The fourth-order valence-electron chi connectivity index (χ4n) is 3.14. The number of rotatable bonds is 5. The number of nitrogen functional groups attached to an aromatic ring is 1. The minimum Gasteiger partial charge on any atom is -0.410 e. The van der Waals surface area contributed by atoms with Crippen molar-refractivity contribution in [1.29, 1.82) is 0 Å². The van der Waals surface area contributed by atoms with E-state index in [1.807, 2.05) is 43.4 Å². The number of hydrogen-bond acceptors (Lipinski definition) is 7. The monoisotopic (exact) mass is 401 g/mol. The maximum atomic E-state index is 12.1. The molecule has 1 fully saturated rings. The van der Waals surface area contributed by atoms with E-state index in [2.05, 4.69) is 10.9 Å². The van der Waals surface area contributed by atoms with E-state index in [-0.39, 0.29) is 12.4 Å². The van der Waals surface area contributed by atoms with Crippen molar-refractivity contribution in [2.45, 2.75) is 37.1 Å². The number of hydrogen-bond donors (Lipinski definition) is 3. The van der Waals surface area contributed by atoms with Crippen molar-refractivity contribution in [3.63, 3.8) is 0 Å². The highest BCUT2D eigenvalue weighted by atomic mass is 28.4. The first kappa shape index (κ1) is 20.3. The van der Waals surface area contributed by atoms with Gasteiger partial charge in [-0.2, -0.15) is 4.98 Å². The Kier molecular flexibility index (Phi) is 5.43. The smallest absolute Gasteiger partial charge is 0.351 e. The van der Waals surface area contributed by atoms with E-state index in [1.54, 1.807) is 0 Å². The quantitative estimate of drug-likeness (QED) is 0.460. The summed E-state index contributed by atoms with van der Waals surface area (Å²) in [6, 6.07) is 11.1. The molecule has 1 aliphatic heterocycles. The third-order valence-corrected chi connectivity index (χ3v) is 7.55. The van der Waals surface area contributed by atoms with E-state index in [0.29, 0.717) is 0 Å². The summed E-state index contributed by atoms with van der Waals surface area (Å²) in [6.45, 7) is 3.97. The lowest BCUT2D eigenvalue weighted by molar-refractivity contribution is -0.0587. The van der Waals surface area contributed by atoms with Crippen molar-refractivity contribution < 1.29 is 19.4 Å². The van der Waals surface area contributed by atoms with E-state index < -0.39 is 38.0 Å². The Morgan fingerprint density at radius 1 is 1.39 bits per heavy atom. The third-order valence-electron chi connectivity index (χ3n) is 4.94. The highest BCUT2D eigenvalue weighted by Crippen LogP contribution is 2.36. The summed E-state index contributed by atoms with van der Waals surface area (Å²) in [5, 5.41) is 22.5. The molecule has 0 unspecified atom stereocenters. The van der Waals surface area contributed by atoms with Crippen LogP contribution in [0.1, 0.15) is 6.23 Å². The lowest BCUT2D eigenvalue weighted by Gasteiger charge is -2.29. The zero-order chi connectivity index (χ0) is 20.5. The van der Waals surface area contributed by atoms with E-state index in [4.69, 9.17) is 21.3 Å². The number of aliphatic hydroxyl groups is 2. The fraction of sp³-hybridized carbons (Fsp3) is 0.368. The minimum atomic E-state index is -2.30. The molecule has 0 radical (unpaired) electrons. The molecule has 1 aliphatic rings. The second kappa shape index (κ2) is 7.50. The molecule has 1 aromatic carbocycles. The van der Waals surface area contributed by atoms with Crippen LogP contribution in [-0.4, -0.2) is 52.5 Å². The largest absolute Gasteiger partial charge is 0.410 e. The van der Waals surface area contributed by atoms with Crippen LogP contribution in [0.15, 0.2) is 47.4 Å². The number of anilines is 1. The van der Waals surface area contributed by atoms with Crippen LogP contribution < -0.4 is 16.6 Å². The molecule has 1 aromatic heterocycles. The molecule has 0 bridgehead atoms. The van der Waals surface area contributed by atoms with Crippen molar-refractivity contribution in [1.82, 2.24) is 9.55 Å². The molecule has 4 atom stereocenters. The van der Waals surface area contributed by atoms with Gasteiger partial charge in [0, 0.05) is 6.20 Å². The molecule has 0 aliphatic carbocycles. The highest BCUT2D eigenvalue weighted by molar-refractivity contribution is 6.84. The Hall–Kier alpha value is -2.48. The summed E-state index contributed by atoms with van der Waals surface area (Å²) in [4.78, 5) is 15.7. The molecule has 0 amide bonds. The molecule has 4 N–H and O–H groups in total. The Balaban J connectivity index is 1.83. The molecule has 0 saturated carbocycles. The number of aliphatic hydroxyl groups excluding tert-OH is 1. The van der Waals surface area contributed by atoms with Gasteiger partial charge in [0.2, 0.25) is 8.32 Å². The lowest BCUT2D eigenvalue weighted by atomic mass is 9.93. The fourth-order valence-corrected chi connectivity index (χ4v) is 4.87. The maximum Gasteiger partial charge on any atom is 0.351 e. The molecule has 9 heteroatoms. The molecule has 148 valence electrons. The van der Waals surface area contributed by atoms with Crippen molar-refractivity contribution >= 4 is 19.3 Å². The molecular formula is C19H23N3O5Si. The number of terminal acetylenes is 1. The van der Waals surface area contributed by atoms with Gasteiger partial charge in [0.15, 0.2) is 11.8 Å². The molecule has 2 heterocycles. The molecule has 8 nitrogen and oxygen atoms in total. The zero-order valence-corrected chi connectivity index (χ0v) is 16.6. The van der Waals surface area contributed by atoms with Crippen LogP contribution in [0.2, 0.25) is 13.1 Å². The first-order valence-electron chi connectivity index (χ1n) is 8.77. The third kappa shape index (κ3) is 3.60. The second-order valence-corrected chi connectivity index (χ2v) is 11.0. The summed E-state index contributed by atoms with van der Waals surface area (Å²) in [5.41, 5.74) is 2.75. The van der Waals surface area contributed by atoms with Crippen LogP contribution in [0.4, 0.5) is 5.82 Å². The van der Waals surface area contributed by atoms with Crippen LogP contribution in [0.3, 0.4) is 0 Å². The van der Waals surface area contributed by atoms with E-state index in [0.717, 1.165) is 9.75 Å². The topological polar surface area (TPSA) is 120 Å². The van der Waals surface area contributed by atoms with Gasteiger partial charge in [-0.25, -0.2) is 4.79 Å². The van der Waals surface area contributed by atoms with Crippen LogP contribution in [0.5, 0.6) is 0 Å². The van der Waals surface area contributed by atoms with Gasteiger partial charge < -0.3 is 25.1 Å². The standard InChI is InChI=1S/C19H23N3O5Si/c1-4-19(25)14(12-26-28(2,3)13-8-6-5-7-9-13)27-17(16(19)23)22-11-10-15(20)21-18(22)24/h1,5-11,14,16-17,23,25H,12H2,2-3H3,(H2,20,21,24)/t14-,16+,17-,19-/m1/s1. The van der Waals surface area contributed by atoms with Crippen molar-refractivity contribution in [3.8, 4) is 12.3 Å². The van der Waals surface area contributed by atoms with Gasteiger partial charge in [-0.1, -0.05) is 36.3 Å². The second-order valence-electron chi connectivity index (χ2n) is 7.16. The van der Waals surface area contributed by atoms with Gasteiger partial charge in [0.25, 0.3) is 0 Å². The van der Waals surface area contributed by atoms with Gasteiger partial charge in [-0.3, -0.25) is 4.57 Å². The van der Waals surface area contributed by atoms with Crippen molar-refractivity contribution in [2.75, 3.05) is 12.3 Å². The Morgan fingerprint density at radius 3 is 2.68 bits per heavy atom. The molecular weight excluding hydrogens is 378 g/mol. The average Bonchev–Trinajstić information content (AvgIpc) is 2.92. The predicted molar refractivity (Wildman–Crippen MR) is 106 cm³/mol. The van der Waals surface area contributed by atoms with Crippen LogP contribution in [-0.2, 0) is 9.16 Å². The lowest BCUT2D eigenvalue weighted by Crippen LogP contribution is -2.52. The summed E-state index contributed by atoms with van der Waals surface area (Å²) >= 11 is 0. The van der Waals surface area contributed by atoms with E-state index in [1.165, 1.54) is 12.3 Å². The van der Waals surface area contributed by atoms with E-state index in [9.17, 15) is 15.0 Å². The molecule has 2 aromatic rings. The normalized spacial score (nSPS) is 27.5. The average molecular weight is 401 g/mol. The number of nitrogens with two attached hydrogens (primary N) is 1. The van der Waals surface area contributed by atoms with E-state index >= 15 is 0 Å². The Labute approximate surface area is 163 Å². The maximum absolute atomic E-state index is 12.1. The van der Waals surface area contributed by atoms with Gasteiger partial charge in [0.05, 0.1) is 6.61 Å². The number of aromatic nitrogens is 2. The van der Waals surface area contributed by atoms with Gasteiger partial charge in [0.1, 0.15) is 18.0 Å². The SMILES string of the molecule is C#C[C@@]1(O)[C@@H](CO[Si](C)(C)c2ccccc2)O[C@@H](n2ccc(N)nc2=O)[C@@H]1O. The summed E-state index contributed by atoms with van der Waals surface area (Å²) in [7, 11) is -2.30. The summed E-state index contributed by atoms with van der Waals surface area (Å²) < 4.78 is 12.9. The first-order valence-corrected chi connectivity index (χ1v) is 11.7. The summed E-state index contributed by atoms with van der Waals surface area (Å²) in [6.07, 6.45) is 3.04. The zero-order valence-electron chi connectivity index (χ0n) is 15.6. The Bertz CT molecular complexity index is 943. The van der Waals surface area contributed by atoms with Crippen LogP contribution in [0, 0.1) is 12.3 Å². The Morgan fingerprint density at radius 2 is 2.07 bits per heavy atom. The van der Waals surface area contributed by atoms with Gasteiger partial charge in [-0.15, -0.1) is 6.42 Å². The molecule has 0 spiro atoms. The van der Waals surface area contributed by atoms with Crippen molar-refractivity contribution in [2.24, 2.45) is 0 Å². The molecule has 28 heavy (non-hydrogen) atoms. The van der Waals surface area contributed by atoms with Crippen molar-refractivity contribution in [3.05, 3.63) is 53.1 Å². The van der Waals surface area contributed by atoms with Gasteiger partial charge >= 0.3 is 5.69 Å². The number of ether oxygens (including phenoxy) is 1. The number of benzene rings is 1. The summed E-state index contributed by atoms with van der Waals surface area (Å²) in [5.74, 6) is 2.24. The molecule has 3 rings (SSSR count). The predicted octanol–water partition coefficient (Wildman–Crippen LogP) is -0.423. The van der Waals surface area contributed by atoms with Crippen LogP contribution >= 0.6 is 0 Å². The number of nitrogens with zero attached hydrogens (tertiary/aromatic N) is 2.